The van der Waals surface area contributed by atoms with Crippen LogP contribution in [0.1, 0.15) is 37.1 Å². The van der Waals surface area contributed by atoms with E-state index in [9.17, 15) is 4.79 Å². The van der Waals surface area contributed by atoms with Crippen LogP contribution < -0.4 is 0 Å². The highest BCUT2D eigenvalue weighted by Crippen LogP contribution is 2.24. The molecule has 4 aromatic rings. The van der Waals surface area contributed by atoms with Gasteiger partial charge in [-0.2, -0.15) is 0 Å². The number of carbonyl (C=O) groups excluding carboxylic acids is 1. The van der Waals surface area contributed by atoms with Crippen LogP contribution in [0.3, 0.4) is 0 Å². The topological polar surface area (TPSA) is 72.1 Å². The normalized spacial score (nSPS) is 11.2. The highest BCUT2D eigenvalue weighted by atomic mass is 32.1. The predicted octanol–water partition coefficient (Wildman–Crippen LogP) is 5.17. The quantitative estimate of drug-likeness (QED) is 0.369. The zero-order valence-corrected chi connectivity index (χ0v) is 17.8. The van der Waals surface area contributed by atoms with Crippen molar-refractivity contribution in [2.75, 3.05) is 6.54 Å². The molecule has 0 aliphatic carbocycles. The van der Waals surface area contributed by atoms with Crippen LogP contribution >= 0.6 is 22.7 Å². The minimum Gasteiger partial charge on any atom is -0.418 e. The first kappa shape index (κ1) is 19.7. The Bertz CT molecular complexity index is 1040. The van der Waals surface area contributed by atoms with Crippen LogP contribution in [-0.2, 0) is 17.8 Å². The standard InChI is InChI=1S/C21H22N4O2S2/c1-2-12-25(14-18-23-24-21(27-18)17-9-6-13-28-17)20(26)11-5-10-19-22-15-7-3-4-8-16(15)29-19/h3-4,6-9,13H,2,5,10-12,14H2,1H3. The molecule has 29 heavy (non-hydrogen) atoms. The molecule has 4 rings (SSSR count). The first-order chi connectivity index (χ1) is 14.2. The lowest BCUT2D eigenvalue weighted by Crippen LogP contribution is -2.31. The van der Waals surface area contributed by atoms with E-state index in [1.54, 1.807) is 22.7 Å². The SMILES string of the molecule is CCCN(Cc1nnc(-c2cccs2)o1)C(=O)CCCc1nc2ccccc2s1. The number of benzene rings is 1. The molecule has 3 heterocycles. The van der Waals surface area contributed by atoms with Gasteiger partial charge in [0.25, 0.3) is 5.89 Å². The van der Waals surface area contributed by atoms with Gasteiger partial charge in [-0.25, -0.2) is 4.98 Å². The molecule has 0 unspecified atom stereocenters. The first-order valence-corrected chi connectivity index (χ1v) is 11.4. The lowest BCUT2D eigenvalue weighted by atomic mass is 10.2. The Morgan fingerprint density at radius 3 is 2.86 bits per heavy atom. The average Bonchev–Trinajstić information content (AvgIpc) is 3.47. The van der Waals surface area contributed by atoms with Crippen molar-refractivity contribution in [1.82, 2.24) is 20.1 Å². The summed E-state index contributed by atoms with van der Waals surface area (Å²) in [5.74, 6) is 1.10. The van der Waals surface area contributed by atoms with Crippen LogP contribution in [-0.4, -0.2) is 32.5 Å². The molecular weight excluding hydrogens is 404 g/mol. The summed E-state index contributed by atoms with van der Waals surface area (Å²) in [4.78, 5) is 20.2. The zero-order chi connectivity index (χ0) is 20.1. The van der Waals surface area contributed by atoms with Gasteiger partial charge in [-0.15, -0.1) is 32.9 Å². The fourth-order valence-electron chi connectivity index (χ4n) is 3.12. The molecule has 0 spiro atoms. The summed E-state index contributed by atoms with van der Waals surface area (Å²) < 4.78 is 6.94. The molecule has 3 aromatic heterocycles. The Labute approximate surface area is 177 Å². The number of hydrogen-bond acceptors (Lipinski definition) is 7. The van der Waals surface area contributed by atoms with Crippen LogP contribution in [0, 0.1) is 0 Å². The third kappa shape index (κ3) is 4.89. The fourth-order valence-corrected chi connectivity index (χ4v) is 4.77. The summed E-state index contributed by atoms with van der Waals surface area (Å²) in [7, 11) is 0. The number of nitrogens with zero attached hydrogens (tertiary/aromatic N) is 4. The molecule has 1 amide bonds. The number of hydrogen-bond donors (Lipinski definition) is 0. The number of carbonyl (C=O) groups is 1. The van der Waals surface area contributed by atoms with Gasteiger partial charge in [0.1, 0.15) is 0 Å². The number of thiophene rings is 1. The van der Waals surface area contributed by atoms with Crippen LogP contribution in [0.25, 0.3) is 21.0 Å². The van der Waals surface area contributed by atoms with Gasteiger partial charge >= 0.3 is 0 Å². The summed E-state index contributed by atoms with van der Waals surface area (Å²) in [5, 5.41) is 11.3. The van der Waals surface area contributed by atoms with E-state index < -0.39 is 0 Å². The molecule has 150 valence electrons. The Hall–Kier alpha value is -2.58. The minimum atomic E-state index is 0.115. The number of aromatic nitrogens is 3. The summed E-state index contributed by atoms with van der Waals surface area (Å²) >= 11 is 3.26. The summed E-state index contributed by atoms with van der Waals surface area (Å²) in [6.45, 7) is 3.09. The van der Waals surface area contributed by atoms with E-state index in [-0.39, 0.29) is 5.91 Å². The summed E-state index contributed by atoms with van der Waals surface area (Å²) in [6.07, 6.45) is 2.97. The van der Waals surface area contributed by atoms with E-state index in [1.165, 1.54) is 4.70 Å². The molecule has 6 nitrogen and oxygen atoms in total. The maximum Gasteiger partial charge on any atom is 0.257 e. The van der Waals surface area contributed by atoms with Crippen LogP contribution in [0.4, 0.5) is 0 Å². The van der Waals surface area contributed by atoms with E-state index in [1.807, 2.05) is 40.6 Å². The molecular formula is C21H22N4O2S2. The van der Waals surface area contributed by atoms with Crippen LogP contribution in [0.2, 0.25) is 0 Å². The highest BCUT2D eigenvalue weighted by Gasteiger charge is 2.18. The number of para-hydroxylation sites is 1. The van der Waals surface area contributed by atoms with Gasteiger partial charge in [-0.3, -0.25) is 4.79 Å². The second-order valence-corrected chi connectivity index (χ2v) is 8.79. The largest absolute Gasteiger partial charge is 0.418 e. The molecule has 0 saturated carbocycles. The fraction of sp³-hybridized carbons (Fsp3) is 0.333. The van der Waals surface area contributed by atoms with Crippen molar-refractivity contribution < 1.29 is 9.21 Å². The van der Waals surface area contributed by atoms with E-state index in [2.05, 4.69) is 28.2 Å². The van der Waals surface area contributed by atoms with Crippen molar-refractivity contribution in [2.24, 2.45) is 0 Å². The van der Waals surface area contributed by atoms with E-state index in [0.29, 0.717) is 31.3 Å². The first-order valence-electron chi connectivity index (χ1n) is 9.71. The van der Waals surface area contributed by atoms with Gasteiger partial charge in [0.2, 0.25) is 11.8 Å². The molecule has 0 radical (unpaired) electrons. The number of thiazole rings is 1. The van der Waals surface area contributed by atoms with Crippen molar-refractivity contribution in [3.8, 4) is 10.8 Å². The molecule has 0 N–H and O–H groups in total. The Morgan fingerprint density at radius 2 is 2.07 bits per heavy atom. The van der Waals surface area contributed by atoms with Crippen molar-refractivity contribution in [1.29, 1.82) is 0 Å². The Kier molecular flexibility index (Phi) is 6.31. The van der Waals surface area contributed by atoms with Gasteiger partial charge < -0.3 is 9.32 Å². The highest BCUT2D eigenvalue weighted by molar-refractivity contribution is 7.18. The number of rotatable bonds is 9. The van der Waals surface area contributed by atoms with E-state index in [4.69, 9.17) is 4.42 Å². The number of aryl methyl sites for hydroxylation is 1. The predicted molar refractivity (Wildman–Crippen MR) is 116 cm³/mol. The van der Waals surface area contributed by atoms with Gasteiger partial charge in [0.05, 0.1) is 26.6 Å². The third-order valence-corrected chi connectivity index (χ3v) is 6.44. The van der Waals surface area contributed by atoms with Crippen molar-refractivity contribution in [3.63, 3.8) is 0 Å². The lowest BCUT2D eigenvalue weighted by Gasteiger charge is -2.20. The molecule has 8 heteroatoms. The van der Waals surface area contributed by atoms with Crippen LogP contribution in [0.5, 0.6) is 0 Å². The molecule has 0 fully saturated rings. The maximum atomic E-state index is 12.8. The maximum absolute atomic E-state index is 12.8. The van der Waals surface area contributed by atoms with E-state index >= 15 is 0 Å². The smallest absolute Gasteiger partial charge is 0.257 e. The second kappa shape index (κ2) is 9.28. The molecule has 1 aromatic carbocycles. The van der Waals surface area contributed by atoms with Crippen molar-refractivity contribution in [3.05, 3.63) is 52.7 Å². The molecule has 0 aliphatic heterocycles. The van der Waals surface area contributed by atoms with Gasteiger partial charge in [0.15, 0.2) is 0 Å². The minimum absolute atomic E-state index is 0.115. The third-order valence-electron chi connectivity index (χ3n) is 4.49. The zero-order valence-electron chi connectivity index (χ0n) is 16.2. The van der Waals surface area contributed by atoms with Gasteiger partial charge in [-0.05, 0) is 42.8 Å². The van der Waals surface area contributed by atoms with Crippen molar-refractivity contribution in [2.45, 2.75) is 39.2 Å². The van der Waals surface area contributed by atoms with Gasteiger partial charge in [-0.1, -0.05) is 25.1 Å². The molecule has 0 saturated heterocycles. The van der Waals surface area contributed by atoms with Crippen LogP contribution in [0.15, 0.2) is 46.2 Å². The second-order valence-electron chi connectivity index (χ2n) is 6.72. The van der Waals surface area contributed by atoms with Gasteiger partial charge in [0, 0.05) is 13.0 Å². The van der Waals surface area contributed by atoms with E-state index in [0.717, 1.165) is 34.7 Å². The molecule has 0 aliphatic rings. The number of amides is 1. The average molecular weight is 427 g/mol. The molecule has 0 bridgehead atoms. The summed E-state index contributed by atoms with van der Waals surface area (Å²) in [5.41, 5.74) is 1.03. The van der Waals surface area contributed by atoms with Crippen molar-refractivity contribution >= 4 is 38.8 Å². The lowest BCUT2D eigenvalue weighted by molar-refractivity contribution is -0.132. The Morgan fingerprint density at radius 1 is 1.17 bits per heavy atom. The monoisotopic (exact) mass is 426 g/mol. The summed E-state index contributed by atoms with van der Waals surface area (Å²) in [6, 6.07) is 12.0. The Balaban J connectivity index is 1.33. The molecule has 0 atom stereocenters. The number of fused-ring (bicyclic) bond motifs is 1.